The van der Waals surface area contributed by atoms with Gasteiger partial charge in [-0.1, -0.05) is 40.5 Å². The molecule has 0 radical (unpaired) electrons. The second-order valence-corrected chi connectivity index (χ2v) is 5.78. The van der Waals surface area contributed by atoms with Crippen LogP contribution in [0.4, 0.5) is 0 Å². The van der Waals surface area contributed by atoms with E-state index in [0.717, 1.165) is 35.8 Å². The Morgan fingerprint density at radius 2 is 2.16 bits per heavy atom. The van der Waals surface area contributed by atoms with E-state index in [0.29, 0.717) is 6.54 Å². The van der Waals surface area contributed by atoms with Crippen LogP contribution in [0.3, 0.4) is 0 Å². The van der Waals surface area contributed by atoms with Crippen LogP contribution in [0.25, 0.3) is 0 Å². The van der Waals surface area contributed by atoms with Gasteiger partial charge in [0.2, 0.25) is 5.91 Å². The van der Waals surface area contributed by atoms with E-state index in [2.05, 4.69) is 20.8 Å². The molecule has 1 aromatic rings. The average Bonchev–Trinajstić information content (AvgIpc) is 2.42. The molecule has 1 saturated heterocycles. The van der Waals surface area contributed by atoms with E-state index >= 15 is 0 Å². The highest BCUT2D eigenvalue weighted by atomic mass is 79.9. The zero-order valence-electron chi connectivity index (χ0n) is 10.9. The lowest BCUT2D eigenvalue weighted by Crippen LogP contribution is -2.50. The smallest absolute Gasteiger partial charge is 0.234 e. The van der Waals surface area contributed by atoms with Gasteiger partial charge in [-0.3, -0.25) is 9.69 Å². The number of likely N-dealkylation sites (tertiary alicyclic amines) is 1. The molecule has 19 heavy (non-hydrogen) atoms. The number of hydrogen-bond donors (Lipinski definition) is 2. The molecule has 1 amide bonds. The number of hydrogen-bond acceptors (Lipinski definition) is 3. The molecule has 0 aromatic heterocycles. The number of rotatable bonds is 4. The molecule has 4 nitrogen and oxygen atoms in total. The summed E-state index contributed by atoms with van der Waals surface area (Å²) in [4.78, 5) is 13.8. The standard InChI is InChI=1S/C14H20BrN3O/c15-11-6-2-1-5-10(11)13(9-16)18-8-4-3-7-12(18)14(17)19/h1-2,5-6,12-13H,3-4,7-9,16H2,(H2,17,19). The number of primary amides is 1. The van der Waals surface area contributed by atoms with Crippen LogP contribution >= 0.6 is 15.9 Å². The predicted molar refractivity (Wildman–Crippen MR) is 79.5 cm³/mol. The number of halogens is 1. The van der Waals surface area contributed by atoms with E-state index < -0.39 is 0 Å². The first-order chi connectivity index (χ1) is 9.15. The topological polar surface area (TPSA) is 72.3 Å². The highest BCUT2D eigenvalue weighted by Gasteiger charge is 2.32. The maximum atomic E-state index is 11.6. The fourth-order valence-electron chi connectivity index (χ4n) is 2.82. The quantitative estimate of drug-likeness (QED) is 0.886. The van der Waals surface area contributed by atoms with Gasteiger partial charge in [0.15, 0.2) is 0 Å². The summed E-state index contributed by atoms with van der Waals surface area (Å²) in [5.41, 5.74) is 12.6. The molecule has 5 heteroatoms. The number of nitrogens with zero attached hydrogens (tertiary/aromatic N) is 1. The molecule has 0 bridgehead atoms. The van der Waals surface area contributed by atoms with E-state index in [1.165, 1.54) is 0 Å². The first-order valence-electron chi connectivity index (χ1n) is 6.64. The first kappa shape index (κ1) is 14.5. The van der Waals surface area contributed by atoms with Crippen LogP contribution in [0.2, 0.25) is 0 Å². The van der Waals surface area contributed by atoms with Crippen LogP contribution in [-0.2, 0) is 4.79 Å². The SMILES string of the molecule is NCC(c1ccccc1Br)N1CCCCC1C(N)=O. The molecule has 0 aliphatic carbocycles. The van der Waals surface area contributed by atoms with Crippen molar-refractivity contribution in [2.75, 3.05) is 13.1 Å². The highest BCUT2D eigenvalue weighted by Crippen LogP contribution is 2.31. The molecular formula is C14H20BrN3O. The molecule has 1 aromatic carbocycles. The number of nitrogens with two attached hydrogens (primary N) is 2. The van der Waals surface area contributed by atoms with Gasteiger partial charge in [0, 0.05) is 17.1 Å². The third kappa shape index (κ3) is 3.16. The molecule has 0 spiro atoms. The Labute approximate surface area is 122 Å². The van der Waals surface area contributed by atoms with Gasteiger partial charge in [-0.15, -0.1) is 0 Å². The van der Waals surface area contributed by atoms with Gasteiger partial charge < -0.3 is 11.5 Å². The molecule has 2 rings (SSSR count). The largest absolute Gasteiger partial charge is 0.368 e. The van der Waals surface area contributed by atoms with E-state index in [1.54, 1.807) is 0 Å². The Balaban J connectivity index is 2.30. The Hall–Kier alpha value is -0.910. The fraction of sp³-hybridized carbons (Fsp3) is 0.500. The summed E-state index contributed by atoms with van der Waals surface area (Å²) >= 11 is 3.56. The van der Waals surface area contributed by atoms with Gasteiger partial charge in [0.25, 0.3) is 0 Å². The summed E-state index contributed by atoms with van der Waals surface area (Å²) in [6.45, 7) is 1.35. The zero-order chi connectivity index (χ0) is 13.8. The van der Waals surface area contributed by atoms with Crippen molar-refractivity contribution in [3.8, 4) is 0 Å². The molecule has 2 unspecified atom stereocenters. The lowest BCUT2D eigenvalue weighted by Gasteiger charge is -2.39. The fourth-order valence-corrected chi connectivity index (χ4v) is 3.37. The van der Waals surface area contributed by atoms with E-state index in [1.807, 2.05) is 24.3 Å². The van der Waals surface area contributed by atoms with Crippen molar-refractivity contribution < 1.29 is 4.79 Å². The molecule has 104 valence electrons. The third-order valence-corrected chi connectivity index (χ3v) is 4.48. The first-order valence-corrected chi connectivity index (χ1v) is 7.44. The van der Waals surface area contributed by atoms with Crippen molar-refractivity contribution in [2.24, 2.45) is 11.5 Å². The minimum atomic E-state index is -0.245. The maximum absolute atomic E-state index is 11.6. The molecule has 1 heterocycles. The third-order valence-electron chi connectivity index (χ3n) is 3.76. The zero-order valence-corrected chi connectivity index (χ0v) is 12.5. The van der Waals surface area contributed by atoms with E-state index in [9.17, 15) is 4.79 Å². The summed E-state index contributed by atoms with van der Waals surface area (Å²) in [5.74, 6) is -0.245. The van der Waals surface area contributed by atoms with Crippen LogP contribution < -0.4 is 11.5 Å². The van der Waals surface area contributed by atoms with E-state index in [4.69, 9.17) is 11.5 Å². The number of carbonyl (C=O) groups is 1. The van der Waals surface area contributed by atoms with Crippen LogP contribution in [0.5, 0.6) is 0 Å². The lowest BCUT2D eigenvalue weighted by atomic mass is 9.96. The summed E-state index contributed by atoms with van der Waals surface area (Å²) in [7, 11) is 0. The summed E-state index contributed by atoms with van der Waals surface area (Å²) < 4.78 is 1.03. The van der Waals surface area contributed by atoms with E-state index in [-0.39, 0.29) is 18.0 Å². The van der Waals surface area contributed by atoms with Crippen LogP contribution in [0.15, 0.2) is 28.7 Å². The van der Waals surface area contributed by atoms with Crippen molar-refractivity contribution in [1.29, 1.82) is 0 Å². The minimum Gasteiger partial charge on any atom is -0.368 e. The Bertz CT molecular complexity index is 452. The molecular weight excluding hydrogens is 306 g/mol. The van der Waals surface area contributed by atoms with Gasteiger partial charge >= 0.3 is 0 Å². The molecule has 4 N–H and O–H groups in total. The van der Waals surface area contributed by atoms with Gasteiger partial charge in [-0.2, -0.15) is 0 Å². The molecule has 0 saturated carbocycles. The average molecular weight is 326 g/mol. The van der Waals surface area contributed by atoms with Gasteiger partial charge in [0.1, 0.15) is 0 Å². The molecule has 1 aliphatic heterocycles. The minimum absolute atomic E-state index is 0.0355. The normalized spacial score (nSPS) is 22.1. The van der Waals surface area contributed by atoms with Crippen LogP contribution in [0.1, 0.15) is 30.9 Å². The van der Waals surface area contributed by atoms with Crippen molar-refractivity contribution in [3.63, 3.8) is 0 Å². The van der Waals surface area contributed by atoms with Crippen molar-refractivity contribution in [2.45, 2.75) is 31.3 Å². The Morgan fingerprint density at radius 3 is 2.79 bits per heavy atom. The number of piperidine rings is 1. The summed E-state index contributed by atoms with van der Waals surface area (Å²) in [6.07, 6.45) is 2.97. The second kappa shape index (κ2) is 6.50. The Morgan fingerprint density at radius 1 is 1.42 bits per heavy atom. The van der Waals surface area contributed by atoms with Crippen molar-refractivity contribution in [3.05, 3.63) is 34.3 Å². The number of benzene rings is 1. The molecule has 1 fully saturated rings. The summed E-state index contributed by atoms with van der Waals surface area (Å²) in [5, 5.41) is 0. The summed E-state index contributed by atoms with van der Waals surface area (Å²) in [6, 6.07) is 7.85. The van der Waals surface area contributed by atoms with Gasteiger partial charge in [0.05, 0.1) is 6.04 Å². The van der Waals surface area contributed by atoms with Crippen molar-refractivity contribution in [1.82, 2.24) is 4.90 Å². The van der Waals surface area contributed by atoms with Crippen LogP contribution in [0, 0.1) is 0 Å². The van der Waals surface area contributed by atoms with Crippen LogP contribution in [-0.4, -0.2) is 29.9 Å². The molecule has 2 atom stereocenters. The highest BCUT2D eigenvalue weighted by molar-refractivity contribution is 9.10. The molecule has 1 aliphatic rings. The monoisotopic (exact) mass is 325 g/mol. The predicted octanol–water partition coefficient (Wildman–Crippen LogP) is 1.79. The Kier molecular flexibility index (Phi) is 4.96. The van der Waals surface area contributed by atoms with Gasteiger partial charge in [-0.05, 0) is 31.0 Å². The number of carbonyl (C=O) groups excluding carboxylic acids is 1. The second-order valence-electron chi connectivity index (χ2n) is 4.92. The van der Waals surface area contributed by atoms with Gasteiger partial charge in [-0.25, -0.2) is 0 Å². The maximum Gasteiger partial charge on any atom is 0.234 e. The van der Waals surface area contributed by atoms with Crippen molar-refractivity contribution >= 4 is 21.8 Å². The number of amides is 1. The lowest BCUT2D eigenvalue weighted by molar-refractivity contribution is -0.125.